The van der Waals surface area contributed by atoms with Gasteiger partial charge < -0.3 is 4.74 Å². The minimum absolute atomic E-state index is 0.770. The van der Waals surface area contributed by atoms with Crippen molar-refractivity contribution in [2.24, 2.45) is 5.10 Å². The Morgan fingerprint density at radius 3 is 2.85 bits per heavy atom. The van der Waals surface area contributed by atoms with Crippen LogP contribution >= 0.6 is 0 Å². The van der Waals surface area contributed by atoms with E-state index in [-0.39, 0.29) is 0 Å². The van der Waals surface area contributed by atoms with Crippen molar-refractivity contribution in [2.45, 2.75) is 32.6 Å². The normalized spacial score (nSPS) is 11.1. The van der Waals surface area contributed by atoms with Gasteiger partial charge in [0, 0.05) is 0 Å². The molecule has 0 fully saturated rings. The fourth-order valence-corrected chi connectivity index (χ4v) is 1.79. The molecule has 0 aliphatic carbocycles. The van der Waals surface area contributed by atoms with Gasteiger partial charge in [-0.2, -0.15) is 5.10 Å². The molecular formula is C15H20N4O. The van der Waals surface area contributed by atoms with Crippen LogP contribution in [-0.2, 0) is 0 Å². The molecule has 2 aromatic rings. The first-order valence-electron chi connectivity index (χ1n) is 7.00. The summed E-state index contributed by atoms with van der Waals surface area (Å²) in [6.45, 7) is 2.98. The standard InChI is InChI=1S/C15H20N4O/c1-2-3-4-5-9-20-15-8-6-7-14(10-15)11-18-19-12-16-17-13-19/h6-8,10-13H,2-5,9H2,1H3/b18-11+. The molecular weight excluding hydrogens is 252 g/mol. The monoisotopic (exact) mass is 272 g/mol. The predicted molar refractivity (Wildman–Crippen MR) is 79.1 cm³/mol. The highest BCUT2D eigenvalue weighted by atomic mass is 16.5. The fraction of sp³-hybridized carbons (Fsp3) is 0.400. The van der Waals surface area contributed by atoms with Gasteiger partial charge >= 0.3 is 0 Å². The van der Waals surface area contributed by atoms with Crippen LogP contribution in [0.15, 0.2) is 42.0 Å². The Morgan fingerprint density at radius 2 is 2.05 bits per heavy atom. The minimum atomic E-state index is 0.770. The van der Waals surface area contributed by atoms with Crippen LogP contribution in [0.5, 0.6) is 5.75 Å². The highest BCUT2D eigenvalue weighted by Gasteiger charge is 1.96. The first-order chi connectivity index (χ1) is 9.88. The summed E-state index contributed by atoms with van der Waals surface area (Å²) in [5.74, 6) is 0.884. The van der Waals surface area contributed by atoms with Crippen LogP contribution in [0.4, 0.5) is 0 Å². The van der Waals surface area contributed by atoms with Crippen molar-refractivity contribution in [2.75, 3.05) is 6.61 Å². The molecule has 0 radical (unpaired) electrons. The predicted octanol–water partition coefficient (Wildman–Crippen LogP) is 3.12. The van der Waals surface area contributed by atoms with Gasteiger partial charge in [-0.3, -0.25) is 0 Å². The largest absolute Gasteiger partial charge is 0.494 e. The van der Waals surface area contributed by atoms with Gasteiger partial charge in [-0.25, -0.2) is 4.68 Å². The van der Waals surface area contributed by atoms with Gasteiger partial charge in [0.05, 0.1) is 12.8 Å². The Bertz CT molecular complexity index is 522. The first kappa shape index (κ1) is 14.2. The van der Waals surface area contributed by atoms with Gasteiger partial charge in [0.25, 0.3) is 0 Å². The second-order valence-corrected chi connectivity index (χ2v) is 4.57. The zero-order valence-corrected chi connectivity index (χ0v) is 11.8. The topological polar surface area (TPSA) is 52.3 Å². The summed E-state index contributed by atoms with van der Waals surface area (Å²) in [5, 5.41) is 11.6. The fourth-order valence-electron chi connectivity index (χ4n) is 1.79. The number of ether oxygens (including phenoxy) is 1. The van der Waals surface area contributed by atoms with Crippen molar-refractivity contribution in [3.05, 3.63) is 42.5 Å². The number of rotatable bonds is 8. The number of hydrogen-bond acceptors (Lipinski definition) is 4. The van der Waals surface area contributed by atoms with Gasteiger partial charge in [-0.05, 0) is 24.1 Å². The highest BCUT2D eigenvalue weighted by molar-refractivity contribution is 5.80. The molecule has 106 valence electrons. The molecule has 0 amide bonds. The van der Waals surface area contributed by atoms with Crippen molar-refractivity contribution >= 4 is 6.21 Å². The average molecular weight is 272 g/mol. The summed E-state index contributed by atoms with van der Waals surface area (Å²) < 4.78 is 7.29. The second kappa shape index (κ2) is 8.09. The maximum atomic E-state index is 5.74. The molecule has 0 bridgehead atoms. The summed E-state index contributed by atoms with van der Waals surface area (Å²) in [5.41, 5.74) is 0.991. The van der Waals surface area contributed by atoms with Crippen molar-refractivity contribution in [1.82, 2.24) is 14.9 Å². The molecule has 5 nitrogen and oxygen atoms in total. The molecule has 0 aliphatic rings. The van der Waals surface area contributed by atoms with Crippen LogP contribution in [0.2, 0.25) is 0 Å². The molecule has 2 rings (SSSR count). The van der Waals surface area contributed by atoms with E-state index in [4.69, 9.17) is 4.74 Å². The van der Waals surface area contributed by atoms with Gasteiger partial charge in [0.2, 0.25) is 0 Å². The zero-order valence-electron chi connectivity index (χ0n) is 11.8. The van der Waals surface area contributed by atoms with Crippen LogP contribution in [0.1, 0.15) is 38.2 Å². The maximum Gasteiger partial charge on any atom is 0.141 e. The minimum Gasteiger partial charge on any atom is -0.494 e. The lowest BCUT2D eigenvalue weighted by Crippen LogP contribution is -1.97. The molecule has 0 unspecified atom stereocenters. The van der Waals surface area contributed by atoms with E-state index in [1.165, 1.54) is 19.3 Å². The molecule has 1 aromatic carbocycles. The third-order valence-corrected chi connectivity index (χ3v) is 2.87. The lowest BCUT2D eigenvalue weighted by atomic mass is 10.2. The van der Waals surface area contributed by atoms with Gasteiger partial charge in [-0.1, -0.05) is 38.3 Å². The SMILES string of the molecule is CCCCCCOc1cccc(/C=N/n2cnnc2)c1. The van der Waals surface area contributed by atoms with Crippen LogP contribution in [-0.4, -0.2) is 27.7 Å². The summed E-state index contributed by atoms with van der Waals surface area (Å²) in [7, 11) is 0. The van der Waals surface area contributed by atoms with Crippen molar-refractivity contribution < 1.29 is 4.74 Å². The Kier molecular flexibility index (Phi) is 5.76. The van der Waals surface area contributed by atoms with E-state index in [2.05, 4.69) is 22.2 Å². The van der Waals surface area contributed by atoms with E-state index >= 15 is 0 Å². The molecule has 0 aliphatic heterocycles. The van der Waals surface area contributed by atoms with E-state index in [9.17, 15) is 0 Å². The molecule has 5 heteroatoms. The third kappa shape index (κ3) is 4.84. The number of hydrogen-bond donors (Lipinski definition) is 0. The molecule has 20 heavy (non-hydrogen) atoms. The Labute approximate surface area is 119 Å². The van der Waals surface area contributed by atoms with Crippen molar-refractivity contribution in [3.63, 3.8) is 0 Å². The quantitative estimate of drug-likeness (QED) is 0.548. The summed E-state index contributed by atoms with van der Waals surface area (Å²) >= 11 is 0. The van der Waals surface area contributed by atoms with E-state index in [1.807, 2.05) is 24.3 Å². The van der Waals surface area contributed by atoms with E-state index in [1.54, 1.807) is 23.5 Å². The first-order valence-corrected chi connectivity index (χ1v) is 7.00. The van der Waals surface area contributed by atoms with Gasteiger partial charge in [0.15, 0.2) is 0 Å². The number of unbranched alkanes of at least 4 members (excludes halogenated alkanes) is 3. The number of aromatic nitrogens is 3. The van der Waals surface area contributed by atoms with Crippen LogP contribution < -0.4 is 4.74 Å². The molecule has 1 heterocycles. The molecule has 0 spiro atoms. The molecule has 0 N–H and O–H groups in total. The van der Waals surface area contributed by atoms with Crippen LogP contribution in [0.25, 0.3) is 0 Å². The molecule has 0 atom stereocenters. The van der Waals surface area contributed by atoms with Crippen molar-refractivity contribution in [3.8, 4) is 5.75 Å². The van der Waals surface area contributed by atoms with Crippen LogP contribution in [0.3, 0.4) is 0 Å². The zero-order chi connectivity index (χ0) is 14.0. The summed E-state index contributed by atoms with van der Waals surface area (Å²) in [4.78, 5) is 0. The average Bonchev–Trinajstić information content (AvgIpc) is 2.99. The number of benzene rings is 1. The lowest BCUT2D eigenvalue weighted by molar-refractivity contribution is 0.305. The molecule has 0 saturated heterocycles. The summed E-state index contributed by atoms with van der Waals surface area (Å²) in [6, 6.07) is 7.90. The number of nitrogens with zero attached hydrogens (tertiary/aromatic N) is 4. The molecule has 0 saturated carbocycles. The summed E-state index contributed by atoms with van der Waals surface area (Å²) in [6.07, 6.45) is 9.70. The van der Waals surface area contributed by atoms with Gasteiger partial charge in [-0.15, -0.1) is 10.2 Å². The van der Waals surface area contributed by atoms with Gasteiger partial charge in [0.1, 0.15) is 18.4 Å². The molecule has 1 aromatic heterocycles. The van der Waals surface area contributed by atoms with E-state index in [0.29, 0.717) is 0 Å². The highest BCUT2D eigenvalue weighted by Crippen LogP contribution is 2.13. The Morgan fingerprint density at radius 1 is 1.20 bits per heavy atom. The lowest BCUT2D eigenvalue weighted by Gasteiger charge is -2.06. The van der Waals surface area contributed by atoms with Crippen LogP contribution in [0, 0.1) is 0 Å². The van der Waals surface area contributed by atoms with E-state index < -0.39 is 0 Å². The maximum absolute atomic E-state index is 5.74. The Hall–Kier alpha value is -2.17. The van der Waals surface area contributed by atoms with E-state index in [0.717, 1.165) is 24.3 Å². The second-order valence-electron chi connectivity index (χ2n) is 4.57. The smallest absolute Gasteiger partial charge is 0.141 e. The van der Waals surface area contributed by atoms with Crippen molar-refractivity contribution in [1.29, 1.82) is 0 Å². The third-order valence-electron chi connectivity index (χ3n) is 2.87. The Balaban J connectivity index is 1.84.